The van der Waals surface area contributed by atoms with Gasteiger partial charge in [-0.2, -0.15) is 20.5 Å². The first kappa shape index (κ1) is 18.3. The van der Waals surface area contributed by atoms with Crippen molar-refractivity contribution in [1.29, 1.82) is 0 Å². The first-order valence-corrected chi connectivity index (χ1v) is 7.81. The molecular weight excluding hydrogens is 318 g/mol. The van der Waals surface area contributed by atoms with Gasteiger partial charge in [-0.05, 0) is 45.0 Å². The Bertz CT molecular complexity index is 769. The van der Waals surface area contributed by atoms with Crippen LogP contribution in [0.25, 0.3) is 0 Å². The molecule has 7 nitrogen and oxygen atoms in total. The Kier molecular flexibility index (Phi) is 5.94. The van der Waals surface area contributed by atoms with Crippen LogP contribution in [0, 0.1) is 13.8 Å². The van der Waals surface area contributed by atoms with Crippen molar-refractivity contribution in [2.75, 3.05) is 6.54 Å². The highest BCUT2D eigenvalue weighted by molar-refractivity contribution is 5.65. The summed E-state index contributed by atoms with van der Waals surface area (Å²) < 4.78 is 0. The number of hydrogen-bond acceptors (Lipinski definition) is 5. The van der Waals surface area contributed by atoms with Gasteiger partial charge >= 0.3 is 6.09 Å². The van der Waals surface area contributed by atoms with Gasteiger partial charge in [0.25, 0.3) is 0 Å². The Hall–Kier alpha value is -3.09. The van der Waals surface area contributed by atoms with Gasteiger partial charge < -0.3 is 5.11 Å². The molecule has 1 unspecified atom stereocenters. The molecule has 25 heavy (non-hydrogen) atoms. The summed E-state index contributed by atoms with van der Waals surface area (Å²) >= 11 is 0. The first-order valence-electron chi connectivity index (χ1n) is 7.81. The maximum Gasteiger partial charge on any atom is 0.406 e. The van der Waals surface area contributed by atoms with E-state index in [1.54, 1.807) is 6.92 Å². The monoisotopic (exact) mass is 339 g/mol. The number of nitrogens with one attached hydrogen (secondary N) is 1. The van der Waals surface area contributed by atoms with Crippen LogP contribution in [0.15, 0.2) is 69.0 Å². The minimum Gasteiger partial charge on any atom is -0.465 e. The number of hydrogen-bond donors (Lipinski definition) is 2. The molecule has 0 aliphatic rings. The number of aryl methyl sites for hydroxylation is 2. The number of carboxylic acid groups (broad SMARTS) is 1. The van der Waals surface area contributed by atoms with Gasteiger partial charge in [-0.25, -0.2) is 4.79 Å². The molecule has 0 saturated heterocycles. The molecule has 0 aromatic heterocycles. The zero-order chi connectivity index (χ0) is 18.3. The van der Waals surface area contributed by atoms with Gasteiger partial charge in [-0.3, -0.25) is 5.32 Å². The lowest BCUT2D eigenvalue weighted by Crippen LogP contribution is -2.46. The summed E-state index contributed by atoms with van der Waals surface area (Å²) in [4.78, 5) is 11.1. The summed E-state index contributed by atoms with van der Waals surface area (Å²) in [5, 5.41) is 27.8. The van der Waals surface area contributed by atoms with E-state index < -0.39 is 11.8 Å². The number of carbonyl (C=O) groups is 1. The van der Waals surface area contributed by atoms with Crippen LogP contribution in [0.1, 0.15) is 18.1 Å². The highest BCUT2D eigenvalue weighted by Gasteiger charge is 2.26. The molecule has 2 aromatic rings. The Morgan fingerprint density at radius 1 is 0.960 bits per heavy atom. The van der Waals surface area contributed by atoms with Crippen molar-refractivity contribution in [3.63, 3.8) is 0 Å². The second-order valence-electron chi connectivity index (χ2n) is 5.97. The second kappa shape index (κ2) is 8.14. The molecule has 0 bridgehead atoms. The Morgan fingerprint density at radius 3 is 1.92 bits per heavy atom. The molecule has 1 atom stereocenters. The van der Waals surface area contributed by atoms with Crippen molar-refractivity contribution in [3.8, 4) is 0 Å². The number of azo groups is 2. The summed E-state index contributed by atoms with van der Waals surface area (Å²) in [6.45, 7) is 5.60. The second-order valence-corrected chi connectivity index (χ2v) is 5.97. The molecule has 0 fully saturated rings. The van der Waals surface area contributed by atoms with Crippen molar-refractivity contribution in [2.24, 2.45) is 20.5 Å². The molecule has 7 heteroatoms. The fourth-order valence-corrected chi connectivity index (χ4v) is 1.97. The minimum absolute atomic E-state index is 0.0303. The molecule has 130 valence electrons. The molecule has 0 heterocycles. The average molecular weight is 339 g/mol. The molecular formula is C18H21N5O2. The summed E-state index contributed by atoms with van der Waals surface area (Å²) in [5.74, 6) is 0. The number of nitrogens with zero attached hydrogens (tertiary/aromatic N) is 4. The predicted molar refractivity (Wildman–Crippen MR) is 95.8 cm³/mol. The van der Waals surface area contributed by atoms with E-state index in [9.17, 15) is 4.79 Å². The Morgan fingerprint density at radius 2 is 1.44 bits per heavy atom. The topological polar surface area (TPSA) is 98.8 Å². The van der Waals surface area contributed by atoms with E-state index >= 15 is 0 Å². The predicted octanol–water partition coefficient (Wildman–Crippen LogP) is 5.15. The van der Waals surface area contributed by atoms with Crippen LogP contribution in [-0.4, -0.2) is 23.4 Å². The van der Waals surface area contributed by atoms with Gasteiger partial charge in [-0.15, -0.1) is 0 Å². The summed E-state index contributed by atoms with van der Waals surface area (Å²) in [6.07, 6.45) is -1.20. The van der Waals surface area contributed by atoms with Crippen molar-refractivity contribution >= 4 is 17.5 Å². The van der Waals surface area contributed by atoms with Crippen LogP contribution in [0.4, 0.5) is 16.2 Å². The Labute approximate surface area is 146 Å². The molecule has 2 aromatic carbocycles. The van der Waals surface area contributed by atoms with Crippen molar-refractivity contribution in [2.45, 2.75) is 26.4 Å². The van der Waals surface area contributed by atoms with E-state index in [1.165, 1.54) is 0 Å². The van der Waals surface area contributed by atoms with Crippen LogP contribution in [0.2, 0.25) is 0 Å². The molecule has 0 saturated carbocycles. The fourth-order valence-electron chi connectivity index (χ4n) is 1.97. The van der Waals surface area contributed by atoms with E-state index in [-0.39, 0.29) is 6.54 Å². The zero-order valence-electron chi connectivity index (χ0n) is 14.5. The van der Waals surface area contributed by atoms with Crippen molar-refractivity contribution in [3.05, 3.63) is 59.7 Å². The lowest BCUT2D eigenvalue weighted by Gasteiger charge is -2.20. The molecule has 0 radical (unpaired) electrons. The summed E-state index contributed by atoms with van der Waals surface area (Å²) in [6, 6.07) is 15.0. The van der Waals surface area contributed by atoms with E-state index in [0.717, 1.165) is 11.1 Å². The number of rotatable bonds is 6. The third-order valence-corrected chi connectivity index (χ3v) is 3.40. The first-order chi connectivity index (χ1) is 11.9. The van der Waals surface area contributed by atoms with E-state index in [2.05, 4.69) is 25.8 Å². The van der Waals surface area contributed by atoms with Gasteiger partial charge in [-0.1, -0.05) is 35.4 Å². The summed E-state index contributed by atoms with van der Waals surface area (Å²) in [5.41, 5.74) is 2.36. The highest BCUT2D eigenvalue weighted by Crippen LogP contribution is 2.18. The van der Waals surface area contributed by atoms with Gasteiger partial charge in [0, 0.05) is 0 Å². The van der Waals surface area contributed by atoms with Gasteiger partial charge in [0.05, 0.1) is 11.4 Å². The van der Waals surface area contributed by atoms with Crippen LogP contribution in [0.3, 0.4) is 0 Å². The molecule has 0 aliphatic carbocycles. The van der Waals surface area contributed by atoms with Crippen molar-refractivity contribution in [1.82, 2.24) is 5.32 Å². The van der Waals surface area contributed by atoms with Crippen LogP contribution < -0.4 is 5.32 Å². The van der Waals surface area contributed by atoms with Crippen LogP contribution >= 0.6 is 0 Å². The molecule has 0 aliphatic heterocycles. The van der Waals surface area contributed by atoms with Gasteiger partial charge in [0.2, 0.25) is 0 Å². The third kappa shape index (κ3) is 6.14. The minimum atomic E-state index is -1.20. The normalized spacial score (nSPS) is 13.9. The van der Waals surface area contributed by atoms with E-state index in [4.69, 9.17) is 5.11 Å². The lowest BCUT2D eigenvalue weighted by molar-refractivity contribution is 0.180. The van der Waals surface area contributed by atoms with Gasteiger partial charge in [0.15, 0.2) is 5.66 Å². The zero-order valence-corrected chi connectivity index (χ0v) is 14.5. The lowest BCUT2D eigenvalue weighted by atomic mass is 10.2. The van der Waals surface area contributed by atoms with Crippen molar-refractivity contribution < 1.29 is 9.90 Å². The van der Waals surface area contributed by atoms with E-state index in [0.29, 0.717) is 11.4 Å². The maximum absolute atomic E-state index is 11.1. The smallest absolute Gasteiger partial charge is 0.406 e. The molecule has 0 spiro atoms. The standard InChI is InChI=1S/C18H21N5O2/c1-13-4-8-15(9-5-13)21-19-12-18(3,20-17(24)25)23-22-16-10-6-14(2)7-11-16/h4-11,20H,12H2,1-3H3,(H,24,25). The largest absolute Gasteiger partial charge is 0.465 e. The van der Waals surface area contributed by atoms with Gasteiger partial charge in [0.1, 0.15) is 6.54 Å². The van der Waals surface area contributed by atoms with E-state index in [1.807, 2.05) is 62.4 Å². The number of amides is 1. The number of benzene rings is 2. The fraction of sp³-hybridized carbons (Fsp3) is 0.278. The quantitative estimate of drug-likeness (QED) is 0.711. The summed E-state index contributed by atoms with van der Waals surface area (Å²) in [7, 11) is 0. The molecule has 1 amide bonds. The van der Waals surface area contributed by atoms with Crippen LogP contribution in [0.5, 0.6) is 0 Å². The molecule has 2 N–H and O–H groups in total. The SMILES string of the molecule is Cc1ccc(N=NCC(C)(N=Nc2ccc(C)cc2)NC(=O)O)cc1. The highest BCUT2D eigenvalue weighted by atomic mass is 16.4. The maximum atomic E-state index is 11.1. The molecule has 2 rings (SSSR count). The third-order valence-electron chi connectivity index (χ3n) is 3.40. The Balaban J connectivity index is 2.11. The average Bonchev–Trinajstić information content (AvgIpc) is 2.56. The van der Waals surface area contributed by atoms with Crippen LogP contribution in [-0.2, 0) is 0 Å².